The molecule has 4 aromatic carbocycles. The lowest BCUT2D eigenvalue weighted by Gasteiger charge is -2.06. The summed E-state index contributed by atoms with van der Waals surface area (Å²) >= 11 is 13.2. The van der Waals surface area contributed by atoms with Crippen molar-refractivity contribution >= 4 is 85.5 Å². The molecule has 214 valence electrons. The van der Waals surface area contributed by atoms with Gasteiger partial charge in [-0.3, -0.25) is 4.57 Å². The first-order chi connectivity index (χ1) is 21.1. The zero-order chi connectivity index (χ0) is 30.2. The number of rotatable bonds is 1. The highest BCUT2D eigenvalue weighted by atomic mass is 79.9. The summed E-state index contributed by atoms with van der Waals surface area (Å²) in [6.07, 6.45) is 4.64. The van der Waals surface area contributed by atoms with E-state index in [-0.39, 0.29) is 0 Å². The van der Waals surface area contributed by atoms with Crippen molar-refractivity contribution in [3.05, 3.63) is 158 Å². The predicted octanol–water partition coefficient (Wildman–Crippen LogP) is 11.8. The normalized spacial score (nSPS) is 10.8. The molecule has 1 aliphatic carbocycles. The van der Waals surface area contributed by atoms with Crippen LogP contribution in [0.3, 0.4) is 0 Å². The lowest BCUT2D eigenvalue weighted by Crippen LogP contribution is -1.95. The van der Waals surface area contributed by atoms with Gasteiger partial charge in [-0.1, -0.05) is 115 Å². The van der Waals surface area contributed by atoms with E-state index >= 15 is 0 Å². The second-order valence-corrected chi connectivity index (χ2v) is 12.1. The maximum Gasteiger partial charge on any atom is 0.137 e. The Balaban J connectivity index is 0.000000139. The zero-order valence-electron chi connectivity index (χ0n) is 23.3. The Labute approximate surface area is 285 Å². The summed E-state index contributed by atoms with van der Waals surface area (Å²) in [7, 11) is 0. The highest BCUT2D eigenvalue weighted by Gasteiger charge is 2.17. The van der Waals surface area contributed by atoms with Crippen molar-refractivity contribution in [1.82, 2.24) is 14.5 Å². The van der Waals surface area contributed by atoms with Crippen molar-refractivity contribution in [1.29, 1.82) is 0 Å². The Morgan fingerprint density at radius 1 is 0.535 bits per heavy atom. The van der Waals surface area contributed by atoms with Crippen LogP contribution in [-0.4, -0.2) is 20.4 Å². The average Bonchev–Trinajstić information content (AvgIpc) is 3.58. The smallest absolute Gasteiger partial charge is 0.137 e. The van der Waals surface area contributed by atoms with Crippen molar-refractivity contribution in [2.75, 3.05) is 5.83 Å². The van der Waals surface area contributed by atoms with Gasteiger partial charge in [0.2, 0.25) is 0 Å². The van der Waals surface area contributed by atoms with Gasteiger partial charge in [0, 0.05) is 32.1 Å². The van der Waals surface area contributed by atoms with Crippen LogP contribution in [0.1, 0.15) is 11.1 Å². The van der Waals surface area contributed by atoms with Crippen molar-refractivity contribution in [3.63, 3.8) is 0 Å². The van der Waals surface area contributed by atoms with Crippen molar-refractivity contribution in [3.8, 4) is 16.9 Å². The molecule has 0 unspecified atom stereocenters. The van der Waals surface area contributed by atoms with Crippen LogP contribution in [0.15, 0.2) is 147 Å². The molecule has 0 fully saturated rings. The molecule has 0 radical (unpaired) electrons. The summed E-state index contributed by atoms with van der Waals surface area (Å²) in [5.74, 6) is 2.75. The van der Waals surface area contributed by atoms with E-state index in [1.807, 2.05) is 48.4 Å². The summed E-state index contributed by atoms with van der Waals surface area (Å²) in [4.78, 5) is 8.39. The number of alkyl halides is 1. The molecule has 0 atom stereocenters. The van der Waals surface area contributed by atoms with Crippen molar-refractivity contribution < 1.29 is 0 Å². The lowest BCUT2D eigenvalue weighted by molar-refractivity contribution is 1.08. The number of para-hydroxylation sites is 1. The van der Waals surface area contributed by atoms with E-state index in [0.717, 1.165) is 21.3 Å². The number of hydrogen-bond donors (Lipinski definition) is 0. The summed E-state index contributed by atoms with van der Waals surface area (Å²) in [6.45, 7) is 0. The van der Waals surface area contributed by atoms with E-state index < -0.39 is 0 Å². The van der Waals surface area contributed by atoms with E-state index in [4.69, 9.17) is 0 Å². The Bertz CT molecular complexity index is 1960. The van der Waals surface area contributed by atoms with Gasteiger partial charge in [-0.25, -0.2) is 9.97 Å². The third-order valence-corrected chi connectivity index (χ3v) is 8.35. The molecule has 0 bridgehead atoms. The monoisotopic (exact) mass is 817 g/mol. The second-order valence-electron chi connectivity index (χ2n) is 9.49. The Hall–Kier alpha value is -3.10. The van der Waals surface area contributed by atoms with E-state index in [2.05, 4.69) is 163 Å². The summed E-state index contributed by atoms with van der Waals surface area (Å²) in [5.41, 5.74) is 8.01. The molecule has 0 spiro atoms. The van der Waals surface area contributed by atoms with E-state index in [0.29, 0.717) is 0 Å². The average molecular weight is 821 g/mol. The minimum absolute atomic E-state index is 0.884. The van der Waals surface area contributed by atoms with Crippen LogP contribution in [0.5, 0.6) is 0 Å². The molecule has 3 aromatic heterocycles. The maximum absolute atomic E-state index is 4.50. The standard InChI is InChI=1S/C17H11BrN2.C13H9Br.C5H4BrN.CH3Br/c18-12-8-9-14-13-5-1-2-6-15(13)20(16(14)11-12)17-7-3-4-10-19-17;14-11-5-6-13-10(8-11)7-9-3-1-2-4-12(9)13;6-5-3-1-2-4-7-5;1-2/h1-11H;1-6,8H,7H2;1-4H;1H3. The second kappa shape index (κ2) is 15.1. The number of aromatic nitrogens is 3. The van der Waals surface area contributed by atoms with Gasteiger partial charge < -0.3 is 0 Å². The third kappa shape index (κ3) is 7.35. The van der Waals surface area contributed by atoms with Gasteiger partial charge >= 0.3 is 0 Å². The fourth-order valence-corrected chi connectivity index (χ4v) is 6.16. The van der Waals surface area contributed by atoms with Gasteiger partial charge in [0.25, 0.3) is 0 Å². The molecule has 3 nitrogen and oxygen atoms in total. The summed E-state index contributed by atoms with van der Waals surface area (Å²) in [6, 6.07) is 41.7. The molecule has 1 aliphatic rings. The lowest BCUT2D eigenvalue weighted by atomic mass is 10.1. The quantitative estimate of drug-likeness (QED) is 0.122. The maximum atomic E-state index is 4.50. The van der Waals surface area contributed by atoms with Crippen LogP contribution in [0.25, 0.3) is 38.8 Å². The fourth-order valence-electron chi connectivity index (χ4n) is 5.13. The highest BCUT2D eigenvalue weighted by Crippen LogP contribution is 2.37. The molecule has 7 aromatic rings. The Morgan fingerprint density at radius 3 is 1.88 bits per heavy atom. The number of hydrogen-bond acceptors (Lipinski definition) is 2. The van der Waals surface area contributed by atoms with Crippen LogP contribution in [0.4, 0.5) is 0 Å². The molecular formula is C36H27Br4N3. The number of fused-ring (bicyclic) bond motifs is 6. The van der Waals surface area contributed by atoms with Gasteiger partial charge in [0.05, 0.1) is 11.0 Å². The first-order valence-electron chi connectivity index (χ1n) is 13.5. The van der Waals surface area contributed by atoms with Crippen LogP contribution < -0.4 is 0 Å². The predicted molar refractivity (Wildman–Crippen MR) is 195 cm³/mol. The molecule has 43 heavy (non-hydrogen) atoms. The summed E-state index contributed by atoms with van der Waals surface area (Å²) in [5, 5.41) is 2.50. The number of halogens is 4. The van der Waals surface area contributed by atoms with E-state index in [1.54, 1.807) is 6.20 Å². The SMILES string of the molecule is Brc1ccc2c(c1)Cc1ccccc1-2.Brc1ccc2c3ccccc3n(-c3ccccn3)c2c1.Brc1ccccn1.CBr. The molecule has 0 amide bonds. The van der Waals surface area contributed by atoms with Crippen molar-refractivity contribution in [2.24, 2.45) is 0 Å². The molecule has 0 saturated carbocycles. The number of nitrogens with zero attached hydrogens (tertiary/aromatic N) is 3. The molecule has 0 saturated heterocycles. The van der Waals surface area contributed by atoms with Crippen LogP contribution in [0, 0.1) is 0 Å². The molecule has 0 aliphatic heterocycles. The first kappa shape index (κ1) is 31.3. The number of benzene rings is 4. The van der Waals surface area contributed by atoms with E-state index in [1.165, 1.54) is 48.5 Å². The molecular weight excluding hydrogens is 794 g/mol. The minimum atomic E-state index is 0.884. The van der Waals surface area contributed by atoms with Gasteiger partial charge in [-0.15, -0.1) is 0 Å². The topological polar surface area (TPSA) is 30.7 Å². The molecule has 0 N–H and O–H groups in total. The van der Waals surface area contributed by atoms with Crippen LogP contribution >= 0.6 is 63.7 Å². The van der Waals surface area contributed by atoms with Crippen molar-refractivity contribution in [2.45, 2.75) is 6.42 Å². The summed E-state index contributed by atoms with van der Waals surface area (Å²) < 4.78 is 5.33. The largest absolute Gasteiger partial charge is 0.294 e. The first-order valence-corrected chi connectivity index (χ1v) is 17.5. The number of pyridine rings is 2. The fraction of sp³-hybridized carbons (Fsp3) is 0.0556. The van der Waals surface area contributed by atoms with Gasteiger partial charge in [0.15, 0.2) is 0 Å². The Kier molecular flexibility index (Phi) is 11.0. The molecule has 7 heteroatoms. The molecule has 3 heterocycles. The third-order valence-electron chi connectivity index (χ3n) is 6.90. The zero-order valence-corrected chi connectivity index (χ0v) is 29.6. The highest BCUT2D eigenvalue weighted by molar-refractivity contribution is 9.11. The van der Waals surface area contributed by atoms with Gasteiger partial charge in [-0.05, 0) is 105 Å². The van der Waals surface area contributed by atoms with Gasteiger partial charge in [0.1, 0.15) is 10.4 Å². The van der Waals surface area contributed by atoms with E-state index in [9.17, 15) is 0 Å². The Morgan fingerprint density at radius 2 is 1.16 bits per heavy atom. The van der Waals surface area contributed by atoms with Gasteiger partial charge in [-0.2, -0.15) is 0 Å². The van der Waals surface area contributed by atoms with Crippen LogP contribution in [-0.2, 0) is 6.42 Å². The van der Waals surface area contributed by atoms with Crippen LogP contribution in [0.2, 0.25) is 0 Å². The molecule has 8 rings (SSSR count). The minimum Gasteiger partial charge on any atom is -0.294 e.